The highest BCUT2D eigenvalue weighted by Gasteiger charge is 2.58. The van der Waals surface area contributed by atoms with Crippen LogP contribution in [0.2, 0.25) is 0 Å². The van der Waals surface area contributed by atoms with Crippen molar-refractivity contribution in [1.82, 2.24) is 15.3 Å². The Bertz CT molecular complexity index is 1710. The zero-order valence-electron chi connectivity index (χ0n) is 25.7. The number of Topliss-reactive ketones (excluding diaryl/α,β-unsaturated/α-hetero) is 1. The van der Waals surface area contributed by atoms with E-state index in [0.29, 0.717) is 47.6 Å². The van der Waals surface area contributed by atoms with Gasteiger partial charge in [-0.2, -0.15) is 18.2 Å². The number of aromatic nitrogens is 2. The number of rotatable bonds is 8. The molecule has 1 heterocycles. The van der Waals surface area contributed by atoms with E-state index in [2.05, 4.69) is 31.2 Å². The molecule has 4 N–H and O–H groups in total. The molecule has 3 aliphatic carbocycles. The van der Waals surface area contributed by atoms with Gasteiger partial charge < -0.3 is 26.0 Å². The average molecular weight is 637 g/mol. The molecule has 6 rings (SSSR count). The first kappa shape index (κ1) is 31.3. The number of hydrogen-bond donors (Lipinski definition) is 4. The number of anilines is 5. The zero-order chi connectivity index (χ0) is 32.8. The van der Waals surface area contributed by atoms with Crippen LogP contribution >= 0.6 is 0 Å². The van der Waals surface area contributed by atoms with Crippen LogP contribution in [-0.4, -0.2) is 41.7 Å². The van der Waals surface area contributed by atoms with Crippen LogP contribution in [0.1, 0.15) is 60.0 Å². The molecule has 0 aliphatic heterocycles. The second-order valence-electron chi connectivity index (χ2n) is 12.5. The first-order valence-corrected chi connectivity index (χ1v) is 15.2. The van der Waals surface area contributed by atoms with E-state index < -0.39 is 28.9 Å². The third-order valence-electron chi connectivity index (χ3n) is 9.73. The summed E-state index contributed by atoms with van der Waals surface area (Å²) in [5.74, 6) is -0.300. The fourth-order valence-electron chi connectivity index (χ4n) is 7.47. The third kappa shape index (κ3) is 5.74. The molecule has 4 atom stereocenters. The minimum absolute atomic E-state index is 0.0439. The van der Waals surface area contributed by atoms with Crippen molar-refractivity contribution in [3.8, 4) is 5.75 Å². The quantitative estimate of drug-likeness (QED) is 0.224. The van der Waals surface area contributed by atoms with Crippen molar-refractivity contribution < 1.29 is 32.3 Å². The fourth-order valence-corrected chi connectivity index (χ4v) is 7.47. The van der Waals surface area contributed by atoms with Crippen molar-refractivity contribution in [2.45, 2.75) is 51.6 Å². The van der Waals surface area contributed by atoms with Gasteiger partial charge in [-0.15, -0.1) is 0 Å². The normalized spacial score (nSPS) is 23.4. The Kier molecular flexibility index (Phi) is 8.11. The standard InChI is InChI=1S/C33H35F3N6O4/c1-17-5-4-6-22(29(44)37-2)27(17)41-28-23(33(34,35)36)16-38-31(42-28)40-24-10-9-21(13-26(24)46-3)39-30(45)32-14-18-7-8-20(32)12-25(43)19(11-18)15-32/h4-6,9-10,13,16,18-20H,7-8,11-12,14-15H2,1-3H3,(H,37,44)(H,39,45)(H2,38,40,41,42). The van der Waals surface area contributed by atoms with E-state index in [9.17, 15) is 27.6 Å². The number of benzene rings is 2. The lowest BCUT2D eigenvalue weighted by Gasteiger charge is -2.54. The Morgan fingerprint density at radius 2 is 1.89 bits per heavy atom. The highest BCUT2D eigenvalue weighted by Crippen LogP contribution is 2.59. The predicted molar refractivity (Wildman–Crippen MR) is 165 cm³/mol. The van der Waals surface area contributed by atoms with Gasteiger partial charge in [0.15, 0.2) is 0 Å². The molecule has 0 radical (unpaired) electrons. The first-order valence-electron chi connectivity index (χ1n) is 15.2. The van der Waals surface area contributed by atoms with Crippen molar-refractivity contribution >= 4 is 46.4 Å². The van der Waals surface area contributed by atoms with Crippen LogP contribution in [0, 0.1) is 30.1 Å². The molecular weight excluding hydrogens is 601 g/mol. The number of ketones is 1. The Morgan fingerprint density at radius 1 is 1.09 bits per heavy atom. The van der Waals surface area contributed by atoms with Gasteiger partial charge >= 0.3 is 6.18 Å². The minimum Gasteiger partial charge on any atom is -0.494 e. The topological polar surface area (TPSA) is 134 Å². The van der Waals surface area contributed by atoms with Crippen LogP contribution in [0.15, 0.2) is 42.6 Å². The Labute approximate surface area is 263 Å². The number of amides is 2. The van der Waals surface area contributed by atoms with Gasteiger partial charge in [0.1, 0.15) is 22.9 Å². The maximum absolute atomic E-state index is 14.0. The van der Waals surface area contributed by atoms with Crippen LogP contribution in [0.25, 0.3) is 0 Å². The van der Waals surface area contributed by atoms with Crippen LogP contribution in [0.4, 0.5) is 42.0 Å². The Morgan fingerprint density at radius 3 is 2.63 bits per heavy atom. The number of alkyl halides is 3. The van der Waals surface area contributed by atoms with Crippen molar-refractivity contribution in [3.63, 3.8) is 0 Å². The van der Waals surface area contributed by atoms with E-state index in [4.69, 9.17) is 4.74 Å². The van der Waals surface area contributed by atoms with Crippen LogP contribution < -0.4 is 26.0 Å². The van der Waals surface area contributed by atoms with Crippen molar-refractivity contribution in [3.05, 3.63) is 59.3 Å². The van der Waals surface area contributed by atoms with Gasteiger partial charge in [-0.25, -0.2) is 4.98 Å². The molecule has 3 fully saturated rings. The van der Waals surface area contributed by atoms with Gasteiger partial charge in [0.05, 0.1) is 29.5 Å². The summed E-state index contributed by atoms with van der Waals surface area (Å²) < 4.78 is 47.5. The Hall–Kier alpha value is -4.68. The molecule has 0 spiro atoms. The maximum atomic E-state index is 14.0. The molecule has 3 bridgehead atoms. The van der Waals surface area contributed by atoms with Crippen LogP contribution in [-0.2, 0) is 15.8 Å². The number of carbonyl (C=O) groups is 3. The maximum Gasteiger partial charge on any atom is 0.421 e. The fraction of sp³-hybridized carbons (Fsp3) is 0.424. The van der Waals surface area contributed by atoms with Gasteiger partial charge in [0.2, 0.25) is 11.9 Å². The molecule has 46 heavy (non-hydrogen) atoms. The number of nitrogens with zero attached hydrogens (tertiary/aromatic N) is 2. The monoisotopic (exact) mass is 636 g/mol. The summed E-state index contributed by atoms with van der Waals surface area (Å²) in [5, 5.41) is 11.2. The molecule has 0 saturated heterocycles. The average Bonchev–Trinajstić information content (AvgIpc) is 3.02. The molecule has 3 saturated carbocycles. The van der Waals surface area contributed by atoms with E-state index in [1.165, 1.54) is 20.2 Å². The molecule has 10 nitrogen and oxygen atoms in total. The highest BCUT2D eigenvalue weighted by molar-refractivity contribution is 6.01. The molecular formula is C33H35F3N6O4. The number of para-hydroxylation sites is 1. The molecule has 3 aromatic rings. The van der Waals surface area contributed by atoms with E-state index in [1.54, 1.807) is 37.3 Å². The van der Waals surface area contributed by atoms with E-state index >= 15 is 0 Å². The SMILES string of the molecule is CNC(=O)c1cccc(C)c1Nc1nc(Nc2ccc(NC(=O)C34CC5CCC3CC(=O)C(C5)C4)cc2OC)ncc1C(F)(F)F. The number of halogens is 3. The summed E-state index contributed by atoms with van der Waals surface area (Å²) in [6, 6.07) is 9.70. The molecule has 3 aliphatic rings. The smallest absolute Gasteiger partial charge is 0.421 e. The number of ether oxygens (including phenoxy) is 1. The third-order valence-corrected chi connectivity index (χ3v) is 9.73. The van der Waals surface area contributed by atoms with Gasteiger partial charge in [0.25, 0.3) is 5.91 Å². The summed E-state index contributed by atoms with van der Waals surface area (Å²) in [5.41, 5.74) is 0.0399. The largest absolute Gasteiger partial charge is 0.494 e. The van der Waals surface area contributed by atoms with Crippen molar-refractivity contribution in [1.29, 1.82) is 0 Å². The molecule has 13 heteroatoms. The predicted octanol–water partition coefficient (Wildman–Crippen LogP) is 6.38. The highest BCUT2D eigenvalue weighted by atomic mass is 19.4. The number of methoxy groups -OCH3 is 1. The summed E-state index contributed by atoms with van der Waals surface area (Å²) in [6.07, 6.45) is 0.525. The summed E-state index contributed by atoms with van der Waals surface area (Å²) in [4.78, 5) is 46.8. The first-order chi connectivity index (χ1) is 21.9. The Balaban J connectivity index is 1.25. The summed E-state index contributed by atoms with van der Waals surface area (Å²) >= 11 is 0. The van der Waals surface area contributed by atoms with Crippen LogP contribution in [0.5, 0.6) is 5.75 Å². The summed E-state index contributed by atoms with van der Waals surface area (Å²) in [7, 11) is 2.86. The number of nitrogens with one attached hydrogen (secondary N) is 4. The molecule has 242 valence electrons. The van der Waals surface area contributed by atoms with E-state index in [1.807, 2.05) is 0 Å². The number of hydrogen-bond acceptors (Lipinski definition) is 8. The molecule has 2 amide bonds. The minimum atomic E-state index is -4.78. The molecule has 1 aromatic heterocycles. The molecule has 2 aromatic carbocycles. The van der Waals surface area contributed by atoms with E-state index in [-0.39, 0.29) is 40.7 Å². The lowest BCUT2D eigenvalue weighted by Crippen LogP contribution is -2.55. The molecule has 4 unspecified atom stereocenters. The lowest BCUT2D eigenvalue weighted by molar-refractivity contribution is -0.152. The van der Waals surface area contributed by atoms with Gasteiger partial charge in [-0.1, -0.05) is 18.6 Å². The lowest BCUT2D eigenvalue weighted by atomic mass is 9.49. The van der Waals surface area contributed by atoms with Crippen molar-refractivity contribution in [2.24, 2.45) is 23.2 Å². The summed E-state index contributed by atoms with van der Waals surface area (Å²) in [6.45, 7) is 1.66. The van der Waals surface area contributed by atoms with Crippen LogP contribution in [0.3, 0.4) is 0 Å². The number of aryl methyl sites for hydroxylation is 1. The van der Waals surface area contributed by atoms with Gasteiger partial charge in [0, 0.05) is 37.3 Å². The van der Waals surface area contributed by atoms with E-state index in [0.717, 1.165) is 25.7 Å². The number of fused-ring (bicyclic) bond motifs is 2. The zero-order valence-corrected chi connectivity index (χ0v) is 25.7. The van der Waals surface area contributed by atoms with Crippen molar-refractivity contribution in [2.75, 3.05) is 30.1 Å². The second kappa shape index (κ2) is 11.9. The second-order valence-corrected chi connectivity index (χ2v) is 12.5. The van der Waals surface area contributed by atoms with Gasteiger partial charge in [-0.3, -0.25) is 14.4 Å². The van der Waals surface area contributed by atoms with Gasteiger partial charge in [-0.05, 0) is 68.2 Å². The number of carbonyl (C=O) groups excluding carboxylic acids is 3.